The lowest BCUT2D eigenvalue weighted by molar-refractivity contribution is -0.251. The van der Waals surface area contributed by atoms with E-state index in [1.807, 2.05) is 0 Å². The van der Waals surface area contributed by atoms with E-state index < -0.39 is 29.4 Å². The fourth-order valence-electron chi connectivity index (χ4n) is 3.46. The van der Waals surface area contributed by atoms with E-state index in [4.69, 9.17) is 0 Å². The van der Waals surface area contributed by atoms with Crippen molar-refractivity contribution in [2.75, 3.05) is 20.1 Å². The summed E-state index contributed by atoms with van der Waals surface area (Å²) in [6, 6.07) is 3.89. The Morgan fingerprint density at radius 2 is 1.89 bits per heavy atom. The molecule has 0 saturated carbocycles. The normalized spacial score (nSPS) is 22.5. The highest BCUT2D eigenvalue weighted by atomic mass is 19.4. The fourth-order valence-corrected chi connectivity index (χ4v) is 3.46. The number of likely N-dealkylation sites (tertiary alicyclic amines) is 1. The fraction of sp³-hybridized carbons (Fsp3) is 0.579. The molecule has 0 aliphatic carbocycles. The Hall–Kier alpha value is -2.16. The smallest absolute Gasteiger partial charge is 0.373 e. The number of hydrogen-bond donors (Lipinski definition) is 1. The molecule has 1 N–H and O–H groups in total. The molecule has 9 heteroatoms. The second-order valence-corrected chi connectivity index (χ2v) is 7.55. The standard InChI is InChI=1S/C19H24F4N2O3/c1-11-5-6-13(14(20)9-11)16(26)24(4)15-7-8-25(10-12(15)2)17(27)18(3,28)19(21,22)23/h5-6,9,12,15,28H,7-8,10H2,1-4H3. The van der Waals surface area contributed by atoms with Crippen molar-refractivity contribution in [3.05, 3.63) is 35.1 Å². The molecule has 3 unspecified atom stereocenters. The van der Waals surface area contributed by atoms with Crippen LogP contribution in [-0.4, -0.2) is 64.7 Å². The number of carbonyl (C=O) groups excluding carboxylic acids is 2. The number of halogens is 4. The predicted octanol–water partition coefficient (Wildman–Crippen LogP) is 2.76. The molecule has 2 rings (SSSR count). The molecule has 2 amide bonds. The summed E-state index contributed by atoms with van der Waals surface area (Å²) in [6.07, 6.45) is -4.86. The minimum atomic E-state index is -5.08. The largest absolute Gasteiger partial charge is 0.426 e. The van der Waals surface area contributed by atoms with Gasteiger partial charge in [-0.1, -0.05) is 13.0 Å². The summed E-state index contributed by atoms with van der Waals surface area (Å²) < 4.78 is 52.8. The van der Waals surface area contributed by atoms with E-state index in [0.29, 0.717) is 12.5 Å². The molecule has 156 valence electrons. The molecule has 1 aliphatic rings. The van der Waals surface area contributed by atoms with Crippen molar-refractivity contribution in [1.82, 2.24) is 9.80 Å². The average molecular weight is 404 g/mol. The zero-order valence-electron chi connectivity index (χ0n) is 16.2. The average Bonchev–Trinajstić information content (AvgIpc) is 2.58. The summed E-state index contributed by atoms with van der Waals surface area (Å²) in [5, 5.41) is 9.60. The molecule has 1 heterocycles. The summed E-state index contributed by atoms with van der Waals surface area (Å²) in [4.78, 5) is 27.1. The van der Waals surface area contributed by atoms with Crippen LogP contribution in [0.15, 0.2) is 18.2 Å². The van der Waals surface area contributed by atoms with E-state index in [2.05, 4.69) is 0 Å². The monoisotopic (exact) mass is 404 g/mol. The summed E-state index contributed by atoms with van der Waals surface area (Å²) >= 11 is 0. The molecule has 1 aliphatic heterocycles. The Morgan fingerprint density at radius 3 is 2.39 bits per heavy atom. The van der Waals surface area contributed by atoms with Crippen LogP contribution in [0.5, 0.6) is 0 Å². The molecular weight excluding hydrogens is 380 g/mol. The highest BCUT2D eigenvalue weighted by molar-refractivity contribution is 5.94. The quantitative estimate of drug-likeness (QED) is 0.789. The lowest BCUT2D eigenvalue weighted by Crippen LogP contribution is -2.60. The van der Waals surface area contributed by atoms with Gasteiger partial charge in [0.25, 0.3) is 11.8 Å². The zero-order chi connectivity index (χ0) is 21.4. The van der Waals surface area contributed by atoms with Gasteiger partial charge in [0.2, 0.25) is 5.60 Å². The first-order chi connectivity index (χ1) is 12.8. The van der Waals surface area contributed by atoms with E-state index in [9.17, 15) is 32.3 Å². The molecule has 0 radical (unpaired) electrons. The van der Waals surface area contributed by atoms with Crippen molar-refractivity contribution < 1.29 is 32.3 Å². The maximum absolute atomic E-state index is 14.1. The van der Waals surface area contributed by atoms with Crippen LogP contribution < -0.4 is 0 Å². The van der Waals surface area contributed by atoms with Gasteiger partial charge in [0.05, 0.1) is 5.56 Å². The lowest BCUT2D eigenvalue weighted by Gasteiger charge is -2.43. The van der Waals surface area contributed by atoms with E-state index >= 15 is 0 Å². The first-order valence-corrected chi connectivity index (χ1v) is 8.89. The molecule has 1 fully saturated rings. The Kier molecular flexibility index (Phi) is 6.08. The van der Waals surface area contributed by atoms with Crippen LogP contribution in [0.3, 0.4) is 0 Å². The van der Waals surface area contributed by atoms with Crippen molar-refractivity contribution in [3.8, 4) is 0 Å². The third-order valence-corrected chi connectivity index (χ3v) is 5.29. The lowest BCUT2D eigenvalue weighted by atomic mass is 9.90. The number of benzene rings is 1. The molecule has 0 aromatic heterocycles. The van der Waals surface area contributed by atoms with E-state index in [1.54, 1.807) is 19.9 Å². The first kappa shape index (κ1) is 22.1. The van der Waals surface area contributed by atoms with Gasteiger partial charge < -0.3 is 14.9 Å². The molecule has 1 aromatic rings. The number of aliphatic hydroxyl groups is 1. The Labute approximate surface area is 160 Å². The maximum Gasteiger partial charge on any atom is 0.426 e. The van der Waals surface area contributed by atoms with Crippen LogP contribution in [-0.2, 0) is 4.79 Å². The Balaban J connectivity index is 2.11. The number of rotatable bonds is 3. The SMILES string of the molecule is Cc1ccc(C(=O)N(C)C2CCN(C(=O)C(C)(O)C(F)(F)F)CC2C)c(F)c1. The van der Waals surface area contributed by atoms with Gasteiger partial charge in [-0.15, -0.1) is 0 Å². The number of carbonyl (C=O) groups is 2. The third kappa shape index (κ3) is 4.14. The minimum absolute atomic E-state index is 0.0475. The maximum atomic E-state index is 14.1. The number of nitrogens with zero attached hydrogens (tertiary/aromatic N) is 2. The second kappa shape index (κ2) is 7.69. The number of piperidine rings is 1. The van der Waals surface area contributed by atoms with E-state index in [-0.39, 0.29) is 37.0 Å². The van der Waals surface area contributed by atoms with Gasteiger partial charge in [-0.3, -0.25) is 9.59 Å². The van der Waals surface area contributed by atoms with E-state index in [1.165, 1.54) is 24.1 Å². The number of alkyl halides is 3. The number of hydrogen-bond acceptors (Lipinski definition) is 3. The second-order valence-electron chi connectivity index (χ2n) is 7.55. The van der Waals surface area contributed by atoms with Crippen LogP contribution in [0.4, 0.5) is 17.6 Å². The molecule has 1 aromatic carbocycles. The zero-order valence-corrected chi connectivity index (χ0v) is 16.2. The molecule has 1 saturated heterocycles. The Bertz CT molecular complexity index is 764. The molecule has 0 bridgehead atoms. The topological polar surface area (TPSA) is 60.9 Å². The summed E-state index contributed by atoms with van der Waals surface area (Å²) in [6.45, 7) is 3.73. The highest BCUT2D eigenvalue weighted by Gasteiger charge is 2.57. The molecular formula is C19H24F4N2O3. The molecule has 5 nitrogen and oxygen atoms in total. The van der Waals surface area contributed by atoms with Crippen LogP contribution in [0.25, 0.3) is 0 Å². The van der Waals surface area contributed by atoms with Gasteiger partial charge in [0.15, 0.2) is 0 Å². The first-order valence-electron chi connectivity index (χ1n) is 8.89. The van der Waals surface area contributed by atoms with Gasteiger partial charge in [-0.25, -0.2) is 4.39 Å². The van der Waals surface area contributed by atoms with Crippen molar-refractivity contribution in [2.45, 2.75) is 45.0 Å². The van der Waals surface area contributed by atoms with Crippen LogP contribution in [0.1, 0.15) is 36.2 Å². The number of amides is 2. The highest BCUT2D eigenvalue weighted by Crippen LogP contribution is 2.33. The van der Waals surface area contributed by atoms with Gasteiger partial charge in [0, 0.05) is 26.2 Å². The van der Waals surface area contributed by atoms with Crippen LogP contribution >= 0.6 is 0 Å². The van der Waals surface area contributed by atoms with Crippen molar-refractivity contribution in [1.29, 1.82) is 0 Å². The Morgan fingerprint density at radius 1 is 1.29 bits per heavy atom. The number of aryl methyl sites for hydroxylation is 1. The van der Waals surface area contributed by atoms with Crippen molar-refractivity contribution >= 4 is 11.8 Å². The predicted molar refractivity (Wildman–Crippen MR) is 94.1 cm³/mol. The van der Waals surface area contributed by atoms with Crippen molar-refractivity contribution in [2.24, 2.45) is 5.92 Å². The van der Waals surface area contributed by atoms with Gasteiger partial charge in [-0.05, 0) is 43.9 Å². The summed E-state index contributed by atoms with van der Waals surface area (Å²) in [5.41, 5.74) is -2.88. The van der Waals surface area contributed by atoms with Gasteiger partial charge in [0.1, 0.15) is 5.82 Å². The molecule has 0 spiro atoms. The molecule has 3 atom stereocenters. The summed E-state index contributed by atoms with van der Waals surface area (Å²) in [5.74, 6) is -2.94. The van der Waals surface area contributed by atoms with E-state index in [0.717, 1.165) is 4.90 Å². The van der Waals surface area contributed by atoms with Crippen LogP contribution in [0, 0.1) is 18.7 Å². The molecule has 28 heavy (non-hydrogen) atoms. The van der Waals surface area contributed by atoms with Gasteiger partial charge in [-0.2, -0.15) is 13.2 Å². The minimum Gasteiger partial charge on any atom is -0.373 e. The third-order valence-electron chi connectivity index (χ3n) is 5.29. The van der Waals surface area contributed by atoms with Crippen LogP contribution in [0.2, 0.25) is 0 Å². The van der Waals surface area contributed by atoms with Gasteiger partial charge >= 0.3 is 6.18 Å². The van der Waals surface area contributed by atoms with Crippen molar-refractivity contribution in [3.63, 3.8) is 0 Å². The summed E-state index contributed by atoms with van der Waals surface area (Å²) in [7, 11) is 1.51.